The lowest BCUT2D eigenvalue weighted by Crippen LogP contribution is -2.41. The molecule has 1 fully saturated rings. The predicted octanol–water partition coefficient (Wildman–Crippen LogP) is 3.43. The van der Waals surface area contributed by atoms with Crippen LogP contribution in [0, 0.1) is 0 Å². The monoisotopic (exact) mass is 325 g/mol. The van der Waals surface area contributed by atoms with Crippen molar-refractivity contribution in [1.29, 1.82) is 0 Å². The third-order valence-electron chi connectivity index (χ3n) is 4.98. The summed E-state index contributed by atoms with van der Waals surface area (Å²) in [5, 5.41) is 12.0. The van der Waals surface area contributed by atoms with Crippen molar-refractivity contribution in [1.82, 2.24) is 0 Å². The average Bonchev–Trinajstić information content (AvgIpc) is 2.73. The van der Waals surface area contributed by atoms with Crippen LogP contribution < -0.4 is 5.73 Å². The standard InChI is InChI=1S/C19H24BNO3/c1-18(2)19(3,4)24-20(23-18)16(12-22)10-13-5-6-15-11-17(21)8-7-14(15)9-13/h5-11,22H,12,21H2,1-4H3. The zero-order valence-corrected chi connectivity index (χ0v) is 14.7. The Hall–Kier alpha value is -1.82. The number of nitrogen functional groups attached to an aromatic ring is 1. The fourth-order valence-electron chi connectivity index (χ4n) is 2.77. The van der Waals surface area contributed by atoms with E-state index in [1.807, 2.05) is 64.1 Å². The van der Waals surface area contributed by atoms with Crippen molar-refractivity contribution < 1.29 is 14.4 Å². The van der Waals surface area contributed by atoms with E-state index < -0.39 is 18.3 Å². The molecule has 24 heavy (non-hydrogen) atoms. The Morgan fingerprint density at radius 2 is 1.62 bits per heavy atom. The summed E-state index contributed by atoms with van der Waals surface area (Å²) in [4.78, 5) is 0. The predicted molar refractivity (Wildman–Crippen MR) is 99.5 cm³/mol. The summed E-state index contributed by atoms with van der Waals surface area (Å²) in [6.45, 7) is 7.90. The fourth-order valence-corrected chi connectivity index (χ4v) is 2.77. The van der Waals surface area contributed by atoms with Crippen LogP contribution in [-0.2, 0) is 9.31 Å². The maximum absolute atomic E-state index is 9.79. The lowest BCUT2D eigenvalue weighted by molar-refractivity contribution is 0.00578. The third-order valence-corrected chi connectivity index (χ3v) is 4.98. The number of fused-ring (bicyclic) bond motifs is 1. The quantitative estimate of drug-likeness (QED) is 0.670. The number of rotatable bonds is 3. The number of nitrogens with two attached hydrogens (primary N) is 1. The van der Waals surface area contributed by atoms with Crippen molar-refractivity contribution in [3.63, 3.8) is 0 Å². The van der Waals surface area contributed by atoms with Gasteiger partial charge in [-0.15, -0.1) is 0 Å². The molecule has 2 aromatic rings. The second-order valence-electron chi connectivity index (χ2n) is 7.33. The van der Waals surface area contributed by atoms with E-state index >= 15 is 0 Å². The van der Waals surface area contributed by atoms with Crippen LogP contribution in [0.4, 0.5) is 5.69 Å². The molecular formula is C19H24BNO3. The highest BCUT2D eigenvalue weighted by atomic mass is 16.7. The van der Waals surface area contributed by atoms with Gasteiger partial charge in [-0.2, -0.15) is 0 Å². The van der Waals surface area contributed by atoms with Crippen molar-refractivity contribution >= 4 is 29.7 Å². The van der Waals surface area contributed by atoms with E-state index in [4.69, 9.17) is 15.0 Å². The first-order valence-corrected chi connectivity index (χ1v) is 8.18. The molecule has 0 unspecified atom stereocenters. The van der Waals surface area contributed by atoms with Gasteiger partial charge in [-0.25, -0.2) is 0 Å². The zero-order chi connectivity index (χ0) is 17.5. The van der Waals surface area contributed by atoms with E-state index in [2.05, 4.69) is 6.07 Å². The lowest BCUT2D eigenvalue weighted by Gasteiger charge is -2.32. The number of hydrogen-bond acceptors (Lipinski definition) is 4. The molecule has 1 aliphatic rings. The van der Waals surface area contributed by atoms with Gasteiger partial charge in [0.15, 0.2) is 0 Å². The molecular weight excluding hydrogens is 301 g/mol. The second kappa shape index (κ2) is 5.92. The summed E-state index contributed by atoms with van der Waals surface area (Å²) >= 11 is 0. The topological polar surface area (TPSA) is 64.7 Å². The Balaban J connectivity index is 1.92. The number of hydrogen-bond donors (Lipinski definition) is 2. The Morgan fingerprint density at radius 1 is 1.04 bits per heavy atom. The Bertz CT molecular complexity index is 782. The summed E-state index contributed by atoms with van der Waals surface area (Å²) in [7, 11) is -0.540. The summed E-state index contributed by atoms with van der Waals surface area (Å²) in [5.41, 5.74) is 7.42. The van der Waals surface area contributed by atoms with Crippen molar-refractivity contribution in [3.8, 4) is 0 Å². The molecule has 3 rings (SSSR count). The van der Waals surface area contributed by atoms with Crippen molar-refractivity contribution in [2.45, 2.75) is 38.9 Å². The van der Waals surface area contributed by atoms with Gasteiger partial charge in [-0.3, -0.25) is 0 Å². The molecule has 0 atom stereocenters. The van der Waals surface area contributed by atoms with Crippen LogP contribution in [0.15, 0.2) is 41.9 Å². The number of aliphatic hydroxyl groups excluding tert-OH is 1. The molecule has 0 bridgehead atoms. The molecule has 0 saturated carbocycles. The molecule has 4 nitrogen and oxygen atoms in total. The molecule has 5 heteroatoms. The summed E-state index contributed by atoms with van der Waals surface area (Å²) in [6, 6.07) is 11.9. The molecule has 0 aromatic heterocycles. The molecule has 2 aromatic carbocycles. The van der Waals surface area contributed by atoms with Crippen LogP contribution in [0.1, 0.15) is 33.3 Å². The van der Waals surface area contributed by atoms with Gasteiger partial charge >= 0.3 is 7.12 Å². The first-order valence-electron chi connectivity index (χ1n) is 8.18. The van der Waals surface area contributed by atoms with E-state index in [1.54, 1.807) is 0 Å². The van der Waals surface area contributed by atoms with Gasteiger partial charge in [0.05, 0.1) is 17.8 Å². The van der Waals surface area contributed by atoms with E-state index in [9.17, 15) is 5.11 Å². The summed E-state index contributed by atoms with van der Waals surface area (Å²) < 4.78 is 12.1. The van der Waals surface area contributed by atoms with Crippen molar-refractivity contribution in [2.24, 2.45) is 0 Å². The van der Waals surface area contributed by atoms with E-state index in [0.717, 1.165) is 22.0 Å². The molecule has 0 radical (unpaired) electrons. The molecule has 126 valence electrons. The highest BCUT2D eigenvalue weighted by molar-refractivity contribution is 6.55. The van der Waals surface area contributed by atoms with Gasteiger partial charge in [0.1, 0.15) is 0 Å². The van der Waals surface area contributed by atoms with Crippen LogP contribution in [0.3, 0.4) is 0 Å². The highest BCUT2D eigenvalue weighted by Gasteiger charge is 2.52. The highest BCUT2D eigenvalue weighted by Crippen LogP contribution is 2.38. The van der Waals surface area contributed by atoms with Crippen LogP contribution in [0.25, 0.3) is 16.8 Å². The lowest BCUT2D eigenvalue weighted by atomic mass is 9.77. The first-order chi connectivity index (χ1) is 11.2. The number of anilines is 1. The van der Waals surface area contributed by atoms with Gasteiger partial charge < -0.3 is 20.1 Å². The number of benzene rings is 2. The molecule has 1 heterocycles. The normalized spacial score (nSPS) is 19.9. The van der Waals surface area contributed by atoms with Crippen LogP contribution >= 0.6 is 0 Å². The second-order valence-corrected chi connectivity index (χ2v) is 7.33. The smallest absolute Gasteiger partial charge is 0.400 e. The van der Waals surface area contributed by atoms with E-state index in [0.29, 0.717) is 5.47 Å². The molecule has 1 saturated heterocycles. The third kappa shape index (κ3) is 3.07. The van der Waals surface area contributed by atoms with Crippen LogP contribution in [0.5, 0.6) is 0 Å². The largest absolute Gasteiger partial charge is 0.492 e. The minimum absolute atomic E-state index is 0.114. The molecule has 1 aliphatic heterocycles. The number of aliphatic hydroxyl groups is 1. The minimum Gasteiger partial charge on any atom is -0.400 e. The average molecular weight is 325 g/mol. The fraction of sp³-hybridized carbons (Fsp3) is 0.368. The van der Waals surface area contributed by atoms with Gasteiger partial charge in [-0.1, -0.05) is 24.3 Å². The molecule has 0 amide bonds. The summed E-state index contributed by atoms with van der Waals surface area (Å²) in [6.07, 6.45) is 1.93. The Kier molecular flexibility index (Phi) is 4.20. The van der Waals surface area contributed by atoms with E-state index in [-0.39, 0.29) is 6.61 Å². The Morgan fingerprint density at radius 3 is 2.25 bits per heavy atom. The SMILES string of the molecule is CC1(C)OB(C(=Cc2ccc3cc(N)ccc3c2)CO)OC1(C)C. The van der Waals surface area contributed by atoms with Gasteiger partial charge in [-0.05, 0) is 67.7 Å². The molecule has 0 aliphatic carbocycles. The van der Waals surface area contributed by atoms with E-state index in [1.165, 1.54) is 0 Å². The van der Waals surface area contributed by atoms with Gasteiger partial charge in [0.25, 0.3) is 0 Å². The van der Waals surface area contributed by atoms with Gasteiger partial charge in [0, 0.05) is 5.69 Å². The van der Waals surface area contributed by atoms with Crippen LogP contribution in [0.2, 0.25) is 0 Å². The minimum atomic E-state index is -0.540. The molecule has 3 N–H and O–H groups in total. The van der Waals surface area contributed by atoms with Crippen LogP contribution in [-0.4, -0.2) is 30.0 Å². The van der Waals surface area contributed by atoms with Gasteiger partial charge in [0.2, 0.25) is 0 Å². The van der Waals surface area contributed by atoms with Crippen molar-refractivity contribution in [2.75, 3.05) is 12.3 Å². The zero-order valence-electron chi connectivity index (χ0n) is 14.7. The van der Waals surface area contributed by atoms with Crippen molar-refractivity contribution in [3.05, 3.63) is 47.4 Å². The summed E-state index contributed by atoms with van der Waals surface area (Å²) in [5.74, 6) is 0. The Labute approximate surface area is 143 Å². The molecule has 0 spiro atoms. The maximum Gasteiger partial charge on any atom is 0.492 e. The maximum atomic E-state index is 9.79. The first kappa shape index (κ1) is 17.0.